The molecule has 4 rings (SSSR count). The van der Waals surface area contributed by atoms with Gasteiger partial charge >= 0.3 is 0 Å². The second-order valence-corrected chi connectivity index (χ2v) is 11.0. The minimum absolute atomic E-state index is 0.00285. The molecule has 0 aliphatic carbocycles. The third kappa shape index (κ3) is 4.01. The predicted molar refractivity (Wildman–Crippen MR) is 113 cm³/mol. The summed E-state index contributed by atoms with van der Waals surface area (Å²) in [7, 11) is -3.20. The standard InChI is InChI=1S/C19H16BrFN2O3S2/c20-13-6-7-15(14(21)9-13)23-16-10-28(25,26)11-17(16)27-19(23)22-18(24)8-12-4-2-1-3-5-12/h1-7,9,16-17H,8,10-11H2. The molecule has 2 atom stereocenters. The first kappa shape index (κ1) is 19.6. The van der Waals surface area contributed by atoms with Crippen molar-refractivity contribution in [1.82, 2.24) is 0 Å². The van der Waals surface area contributed by atoms with Gasteiger partial charge in [-0.25, -0.2) is 12.8 Å². The number of carbonyl (C=O) groups excluding carboxylic acids is 1. The molecular weight excluding hydrogens is 467 g/mol. The second kappa shape index (κ2) is 7.61. The molecule has 146 valence electrons. The Bertz CT molecular complexity index is 1060. The number of aliphatic imine (C=N–C) groups is 1. The lowest BCUT2D eigenvalue weighted by atomic mass is 10.1. The van der Waals surface area contributed by atoms with Crippen LogP contribution in [-0.2, 0) is 21.1 Å². The van der Waals surface area contributed by atoms with E-state index in [0.717, 1.165) is 5.56 Å². The van der Waals surface area contributed by atoms with Crippen molar-refractivity contribution in [1.29, 1.82) is 0 Å². The Morgan fingerprint density at radius 1 is 1.21 bits per heavy atom. The molecule has 2 aromatic rings. The van der Waals surface area contributed by atoms with E-state index in [2.05, 4.69) is 20.9 Å². The number of fused-ring (bicyclic) bond motifs is 1. The first-order chi connectivity index (χ1) is 13.3. The van der Waals surface area contributed by atoms with E-state index < -0.39 is 21.7 Å². The normalized spacial score (nSPS) is 24.5. The SMILES string of the molecule is O=C(Cc1ccccc1)N=C1SC2CS(=O)(=O)CC2N1c1ccc(Br)cc1F. The first-order valence-corrected chi connectivity index (χ1v) is 12.1. The maximum absolute atomic E-state index is 14.6. The van der Waals surface area contributed by atoms with E-state index >= 15 is 0 Å². The van der Waals surface area contributed by atoms with Gasteiger partial charge in [0.25, 0.3) is 5.91 Å². The molecule has 2 aromatic carbocycles. The summed E-state index contributed by atoms with van der Waals surface area (Å²) in [4.78, 5) is 18.3. The number of hydrogen-bond donors (Lipinski definition) is 0. The zero-order chi connectivity index (χ0) is 19.9. The Morgan fingerprint density at radius 2 is 1.96 bits per heavy atom. The van der Waals surface area contributed by atoms with E-state index in [9.17, 15) is 17.6 Å². The third-order valence-corrected chi connectivity index (χ3v) is 8.36. The fraction of sp³-hybridized carbons (Fsp3) is 0.263. The summed E-state index contributed by atoms with van der Waals surface area (Å²) in [6.07, 6.45) is 0.134. The van der Waals surface area contributed by atoms with Crippen LogP contribution in [-0.4, -0.2) is 42.3 Å². The summed E-state index contributed by atoms with van der Waals surface area (Å²) in [6.45, 7) is 0. The number of benzene rings is 2. The van der Waals surface area contributed by atoms with Gasteiger partial charge < -0.3 is 4.90 Å². The van der Waals surface area contributed by atoms with Gasteiger partial charge in [0.2, 0.25) is 0 Å². The maximum atomic E-state index is 14.6. The lowest BCUT2D eigenvalue weighted by molar-refractivity contribution is -0.117. The van der Waals surface area contributed by atoms with Crippen LogP contribution >= 0.6 is 27.7 Å². The molecule has 0 spiro atoms. The number of carbonyl (C=O) groups is 1. The zero-order valence-corrected chi connectivity index (χ0v) is 17.8. The molecule has 2 heterocycles. The van der Waals surface area contributed by atoms with Gasteiger partial charge in [0.1, 0.15) is 5.82 Å². The number of amidine groups is 1. The zero-order valence-electron chi connectivity index (χ0n) is 14.6. The number of nitrogens with zero attached hydrogens (tertiary/aromatic N) is 2. The minimum atomic E-state index is -3.20. The fourth-order valence-corrected chi connectivity index (χ4v) is 7.70. The van der Waals surface area contributed by atoms with Crippen LogP contribution in [0.2, 0.25) is 0 Å². The Hall–Kier alpha value is -1.71. The first-order valence-electron chi connectivity index (χ1n) is 8.59. The molecule has 2 unspecified atom stereocenters. The smallest absolute Gasteiger partial charge is 0.252 e. The van der Waals surface area contributed by atoms with Gasteiger partial charge in [-0.3, -0.25) is 4.79 Å². The Morgan fingerprint density at radius 3 is 2.68 bits per heavy atom. The molecule has 0 aromatic heterocycles. The fourth-order valence-electron chi connectivity index (χ4n) is 3.44. The van der Waals surface area contributed by atoms with Gasteiger partial charge in [0.15, 0.2) is 15.0 Å². The highest BCUT2D eigenvalue weighted by molar-refractivity contribution is 9.10. The Labute approximate surface area is 175 Å². The van der Waals surface area contributed by atoms with Crippen molar-refractivity contribution in [3.8, 4) is 0 Å². The number of anilines is 1. The van der Waals surface area contributed by atoms with Gasteiger partial charge in [0.05, 0.1) is 29.7 Å². The molecule has 1 amide bonds. The number of amides is 1. The molecule has 5 nitrogen and oxygen atoms in total. The molecule has 9 heteroatoms. The van der Waals surface area contributed by atoms with E-state index in [1.165, 1.54) is 17.8 Å². The number of halogens is 2. The van der Waals surface area contributed by atoms with E-state index in [4.69, 9.17) is 0 Å². The highest BCUT2D eigenvalue weighted by Gasteiger charge is 2.50. The molecule has 28 heavy (non-hydrogen) atoms. The van der Waals surface area contributed by atoms with Crippen molar-refractivity contribution in [2.75, 3.05) is 16.4 Å². The molecule has 2 aliphatic heterocycles. The summed E-state index contributed by atoms with van der Waals surface area (Å²) in [5.41, 5.74) is 1.07. The molecular formula is C19H16BrFN2O3S2. The molecule has 2 fully saturated rings. The number of thioether (sulfide) groups is 1. The van der Waals surface area contributed by atoms with E-state index in [-0.39, 0.29) is 34.8 Å². The summed E-state index contributed by atoms with van der Waals surface area (Å²) in [5, 5.41) is 0.0865. The average Bonchev–Trinajstić information content (AvgIpc) is 3.07. The van der Waals surface area contributed by atoms with Crippen molar-refractivity contribution in [2.24, 2.45) is 4.99 Å². The van der Waals surface area contributed by atoms with Crippen LogP contribution in [0, 0.1) is 5.82 Å². The lowest BCUT2D eigenvalue weighted by Gasteiger charge is -2.25. The number of sulfone groups is 1. The number of hydrogen-bond acceptors (Lipinski definition) is 4. The van der Waals surface area contributed by atoms with Crippen LogP contribution in [0.4, 0.5) is 10.1 Å². The van der Waals surface area contributed by atoms with Crippen LogP contribution in [0.5, 0.6) is 0 Å². The molecule has 0 saturated carbocycles. The van der Waals surface area contributed by atoms with Gasteiger partial charge in [-0.1, -0.05) is 58.0 Å². The topological polar surface area (TPSA) is 66.8 Å². The van der Waals surface area contributed by atoms with Crippen molar-refractivity contribution in [2.45, 2.75) is 17.7 Å². The molecule has 0 radical (unpaired) electrons. The second-order valence-electron chi connectivity index (χ2n) is 6.72. The average molecular weight is 483 g/mol. The van der Waals surface area contributed by atoms with Crippen LogP contribution in [0.1, 0.15) is 5.56 Å². The summed E-state index contributed by atoms with van der Waals surface area (Å²) in [6, 6.07) is 13.4. The van der Waals surface area contributed by atoms with Crippen LogP contribution < -0.4 is 4.90 Å². The predicted octanol–water partition coefficient (Wildman–Crippen LogP) is 3.43. The van der Waals surface area contributed by atoms with Gasteiger partial charge in [-0.2, -0.15) is 4.99 Å². The maximum Gasteiger partial charge on any atom is 0.252 e. The Balaban J connectivity index is 1.68. The highest BCUT2D eigenvalue weighted by atomic mass is 79.9. The van der Waals surface area contributed by atoms with Crippen molar-refractivity contribution in [3.05, 3.63) is 64.4 Å². The van der Waals surface area contributed by atoms with Crippen molar-refractivity contribution < 1.29 is 17.6 Å². The van der Waals surface area contributed by atoms with E-state index in [0.29, 0.717) is 9.64 Å². The van der Waals surface area contributed by atoms with E-state index in [1.807, 2.05) is 30.3 Å². The Kier molecular flexibility index (Phi) is 5.32. The monoisotopic (exact) mass is 482 g/mol. The quantitative estimate of drug-likeness (QED) is 0.670. The lowest BCUT2D eigenvalue weighted by Crippen LogP contribution is -2.38. The molecule has 2 saturated heterocycles. The van der Waals surface area contributed by atoms with Gasteiger partial charge in [-0.05, 0) is 23.8 Å². The third-order valence-electron chi connectivity index (χ3n) is 4.65. The number of rotatable bonds is 3. The highest BCUT2D eigenvalue weighted by Crippen LogP contribution is 2.42. The van der Waals surface area contributed by atoms with Crippen LogP contribution in [0.15, 0.2) is 58.0 Å². The molecule has 2 aliphatic rings. The van der Waals surface area contributed by atoms with Crippen LogP contribution in [0.3, 0.4) is 0 Å². The summed E-state index contributed by atoms with van der Waals surface area (Å²) >= 11 is 4.46. The van der Waals surface area contributed by atoms with Crippen molar-refractivity contribution in [3.63, 3.8) is 0 Å². The molecule has 0 N–H and O–H groups in total. The summed E-state index contributed by atoms with van der Waals surface area (Å²) in [5.74, 6) is -0.920. The van der Waals surface area contributed by atoms with E-state index in [1.54, 1.807) is 17.0 Å². The summed E-state index contributed by atoms with van der Waals surface area (Å²) < 4.78 is 39.4. The largest absolute Gasteiger partial charge is 0.313 e. The minimum Gasteiger partial charge on any atom is -0.313 e. The van der Waals surface area contributed by atoms with Crippen LogP contribution in [0.25, 0.3) is 0 Å². The van der Waals surface area contributed by atoms with Gasteiger partial charge in [-0.15, -0.1) is 0 Å². The molecule has 0 bridgehead atoms. The van der Waals surface area contributed by atoms with Gasteiger partial charge in [0, 0.05) is 9.72 Å². The van der Waals surface area contributed by atoms with Crippen molar-refractivity contribution >= 4 is 54.3 Å².